The Morgan fingerprint density at radius 2 is 1.79 bits per heavy atom. The number of hydrogen-bond acceptors (Lipinski definition) is 4. The number of carbonyl (C=O) groups is 2. The summed E-state index contributed by atoms with van der Waals surface area (Å²) < 4.78 is 0. The van der Waals surface area contributed by atoms with Crippen molar-refractivity contribution in [2.24, 2.45) is 0 Å². The van der Waals surface area contributed by atoms with Crippen LogP contribution in [0.25, 0.3) is 0 Å². The first-order valence-electron chi connectivity index (χ1n) is 8.77. The summed E-state index contributed by atoms with van der Waals surface area (Å²) in [5.74, 6) is 0.251. The fourth-order valence-corrected chi connectivity index (χ4v) is 3.50. The minimum atomic E-state index is -0.678. The van der Waals surface area contributed by atoms with E-state index < -0.39 is 11.9 Å². The van der Waals surface area contributed by atoms with Crippen LogP contribution >= 0.6 is 34.8 Å². The Hall–Kier alpha value is -2.02. The first-order valence-corrected chi connectivity index (χ1v) is 9.90. The molecule has 1 aromatic carbocycles. The van der Waals surface area contributed by atoms with Gasteiger partial charge in [-0.1, -0.05) is 40.9 Å². The lowest BCUT2D eigenvalue weighted by Crippen LogP contribution is -2.54. The van der Waals surface area contributed by atoms with Gasteiger partial charge in [-0.3, -0.25) is 9.59 Å². The minimum absolute atomic E-state index is 0.143. The van der Waals surface area contributed by atoms with E-state index in [9.17, 15) is 9.59 Å². The lowest BCUT2D eigenvalue weighted by atomic mass is 10.2. The van der Waals surface area contributed by atoms with Gasteiger partial charge in [0.25, 0.3) is 5.91 Å². The number of rotatable bonds is 4. The van der Waals surface area contributed by atoms with Crippen LogP contribution in [0.15, 0.2) is 36.5 Å². The highest BCUT2D eigenvalue weighted by Crippen LogP contribution is 2.25. The first-order chi connectivity index (χ1) is 13.4. The third-order valence-corrected chi connectivity index (χ3v) is 5.58. The molecule has 0 spiro atoms. The zero-order chi connectivity index (χ0) is 20.3. The van der Waals surface area contributed by atoms with Crippen molar-refractivity contribution in [2.45, 2.75) is 13.0 Å². The van der Waals surface area contributed by atoms with Crippen LogP contribution in [0.1, 0.15) is 17.3 Å². The largest absolute Gasteiger partial charge is 0.353 e. The fourth-order valence-electron chi connectivity index (χ4n) is 3.00. The number of piperazine rings is 1. The van der Waals surface area contributed by atoms with Crippen molar-refractivity contribution < 1.29 is 9.59 Å². The van der Waals surface area contributed by atoms with Gasteiger partial charge in [-0.25, -0.2) is 4.98 Å². The topological polar surface area (TPSA) is 65.5 Å². The molecule has 9 heteroatoms. The van der Waals surface area contributed by atoms with Crippen molar-refractivity contribution in [2.75, 3.05) is 31.1 Å². The second-order valence-electron chi connectivity index (χ2n) is 6.44. The number of nitrogens with zero attached hydrogens (tertiary/aromatic N) is 3. The second-order valence-corrected chi connectivity index (χ2v) is 7.67. The van der Waals surface area contributed by atoms with Gasteiger partial charge in [0.15, 0.2) is 0 Å². The quantitative estimate of drug-likeness (QED) is 0.788. The minimum Gasteiger partial charge on any atom is -0.353 e. The summed E-state index contributed by atoms with van der Waals surface area (Å²) in [6, 6.07) is 7.78. The highest BCUT2D eigenvalue weighted by atomic mass is 35.5. The molecule has 1 aliphatic heterocycles. The van der Waals surface area contributed by atoms with Crippen molar-refractivity contribution in [3.05, 3.63) is 57.2 Å². The number of pyridine rings is 1. The first kappa shape index (κ1) is 20.7. The molecule has 2 aromatic rings. The molecule has 1 N–H and O–H groups in total. The molecule has 1 aliphatic rings. The van der Waals surface area contributed by atoms with Gasteiger partial charge in [0.1, 0.15) is 11.9 Å². The van der Waals surface area contributed by atoms with E-state index in [1.807, 2.05) is 6.07 Å². The monoisotopic (exact) mass is 440 g/mol. The molecule has 28 heavy (non-hydrogen) atoms. The summed E-state index contributed by atoms with van der Waals surface area (Å²) >= 11 is 17.9. The lowest BCUT2D eigenvalue weighted by molar-refractivity contribution is -0.133. The normalized spacial score (nSPS) is 15.3. The summed E-state index contributed by atoms with van der Waals surface area (Å²) in [4.78, 5) is 33.3. The Balaban J connectivity index is 1.56. The van der Waals surface area contributed by atoms with Gasteiger partial charge in [-0.05, 0) is 31.2 Å². The number of carbonyl (C=O) groups excluding carboxylic acids is 2. The van der Waals surface area contributed by atoms with E-state index in [4.69, 9.17) is 34.8 Å². The van der Waals surface area contributed by atoms with E-state index in [1.165, 1.54) is 0 Å². The van der Waals surface area contributed by atoms with Crippen LogP contribution in [0.4, 0.5) is 5.82 Å². The summed E-state index contributed by atoms with van der Waals surface area (Å²) in [5, 5.41) is 3.75. The molecular weight excluding hydrogens is 423 g/mol. The molecule has 1 saturated heterocycles. The number of benzene rings is 1. The third kappa shape index (κ3) is 4.69. The van der Waals surface area contributed by atoms with E-state index in [2.05, 4.69) is 15.2 Å². The molecule has 6 nitrogen and oxygen atoms in total. The van der Waals surface area contributed by atoms with Crippen LogP contribution in [-0.2, 0) is 4.79 Å². The summed E-state index contributed by atoms with van der Waals surface area (Å²) in [6.45, 7) is 4.05. The lowest BCUT2D eigenvalue weighted by Gasteiger charge is -2.36. The Kier molecular flexibility index (Phi) is 6.65. The summed E-state index contributed by atoms with van der Waals surface area (Å²) in [6.07, 6.45) is 1.60. The van der Waals surface area contributed by atoms with Crippen molar-refractivity contribution >= 4 is 52.4 Å². The molecule has 0 bridgehead atoms. The number of amides is 2. The van der Waals surface area contributed by atoms with E-state index in [0.717, 1.165) is 5.82 Å². The molecule has 0 saturated carbocycles. The fraction of sp³-hybridized carbons (Fsp3) is 0.316. The predicted molar refractivity (Wildman–Crippen MR) is 111 cm³/mol. The Bertz CT molecular complexity index is 868. The molecule has 2 heterocycles. The van der Waals surface area contributed by atoms with Crippen molar-refractivity contribution in [1.29, 1.82) is 0 Å². The molecule has 3 rings (SSSR count). The maximum Gasteiger partial charge on any atom is 0.253 e. The molecule has 1 atom stereocenters. The predicted octanol–water partition coefficient (Wildman–Crippen LogP) is 3.51. The van der Waals surface area contributed by atoms with Gasteiger partial charge in [0.2, 0.25) is 5.91 Å². The number of anilines is 1. The SMILES string of the molecule is CC(NC(=O)c1cccc(Cl)c1Cl)C(=O)N1CCN(c2ccc(Cl)cn2)CC1. The molecule has 148 valence electrons. The summed E-state index contributed by atoms with van der Waals surface area (Å²) in [7, 11) is 0. The zero-order valence-corrected chi connectivity index (χ0v) is 17.4. The molecule has 0 aliphatic carbocycles. The van der Waals surface area contributed by atoms with Crippen molar-refractivity contribution in [1.82, 2.24) is 15.2 Å². The van der Waals surface area contributed by atoms with Crippen LogP contribution in [-0.4, -0.2) is 53.9 Å². The average molecular weight is 442 g/mol. The van der Waals surface area contributed by atoms with E-state index >= 15 is 0 Å². The number of aromatic nitrogens is 1. The standard InChI is InChI=1S/C19H19Cl3N4O2/c1-12(24-18(27)14-3-2-4-15(21)17(14)22)19(28)26-9-7-25(8-10-26)16-6-5-13(20)11-23-16/h2-6,11-12H,7-10H2,1H3,(H,24,27). The molecular formula is C19H19Cl3N4O2. The maximum absolute atomic E-state index is 12.7. The average Bonchev–Trinajstić information content (AvgIpc) is 2.70. The molecule has 1 aromatic heterocycles. The Morgan fingerprint density at radius 3 is 2.43 bits per heavy atom. The van der Waals surface area contributed by atoms with Crippen LogP contribution < -0.4 is 10.2 Å². The zero-order valence-electron chi connectivity index (χ0n) is 15.2. The van der Waals surface area contributed by atoms with Crippen LogP contribution in [0.2, 0.25) is 15.1 Å². The van der Waals surface area contributed by atoms with Gasteiger partial charge in [-0.15, -0.1) is 0 Å². The van der Waals surface area contributed by atoms with Crippen LogP contribution in [0, 0.1) is 0 Å². The van der Waals surface area contributed by atoms with Crippen LogP contribution in [0.3, 0.4) is 0 Å². The van der Waals surface area contributed by atoms with Crippen LogP contribution in [0.5, 0.6) is 0 Å². The second kappa shape index (κ2) is 8.99. The number of nitrogens with one attached hydrogen (secondary N) is 1. The van der Waals surface area contributed by atoms with Gasteiger partial charge in [0, 0.05) is 32.4 Å². The van der Waals surface area contributed by atoms with Gasteiger partial charge >= 0.3 is 0 Å². The molecule has 1 fully saturated rings. The van der Waals surface area contributed by atoms with Gasteiger partial charge in [-0.2, -0.15) is 0 Å². The van der Waals surface area contributed by atoms with E-state index in [-0.39, 0.29) is 16.5 Å². The van der Waals surface area contributed by atoms with Crippen molar-refractivity contribution in [3.8, 4) is 0 Å². The van der Waals surface area contributed by atoms with Gasteiger partial charge in [0.05, 0.1) is 20.6 Å². The van der Waals surface area contributed by atoms with Crippen molar-refractivity contribution in [3.63, 3.8) is 0 Å². The van der Waals surface area contributed by atoms with E-state index in [1.54, 1.807) is 42.3 Å². The summed E-state index contributed by atoms with van der Waals surface area (Å²) in [5.41, 5.74) is 0.243. The highest BCUT2D eigenvalue weighted by Gasteiger charge is 2.27. The molecule has 0 radical (unpaired) electrons. The molecule has 1 unspecified atom stereocenters. The number of halogens is 3. The van der Waals surface area contributed by atoms with Gasteiger partial charge < -0.3 is 15.1 Å². The highest BCUT2D eigenvalue weighted by molar-refractivity contribution is 6.43. The Morgan fingerprint density at radius 1 is 1.07 bits per heavy atom. The number of hydrogen-bond donors (Lipinski definition) is 1. The smallest absolute Gasteiger partial charge is 0.253 e. The molecule has 2 amide bonds. The van der Waals surface area contributed by atoms with E-state index in [0.29, 0.717) is 36.2 Å². The maximum atomic E-state index is 12.7. The Labute approximate surface area is 178 Å². The third-order valence-electron chi connectivity index (χ3n) is 4.54.